The Morgan fingerprint density at radius 3 is 1.96 bits per heavy atom. The smallest absolute Gasteiger partial charge is 0.174 e. The Balaban J connectivity index is 1.79. The van der Waals surface area contributed by atoms with Gasteiger partial charge in [0.05, 0.1) is 12.0 Å². The summed E-state index contributed by atoms with van der Waals surface area (Å²) >= 11 is 0. The van der Waals surface area contributed by atoms with Crippen LogP contribution in [0.2, 0.25) is 0 Å². The molecule has 0 fully saturated rings. The molecule has 3 heteroatoms. The Morgan fingerprint density at radius 2 is 1.25 bits per heavy atom. The number of carbonyl (C=O) groups excluding carboxylic acids is 2. The van der Waals surface area contributed by atoms with Crippen LogP contribution in [0.5, 0.6) is 11.5 Å². The molecular formula is C21H16O3. The maximum absolute atomic E-state index is 12.5. The minimum atomic E-state index is -0.254. The zero-order valence-corrected chi connectivity index (χ0v) is 13.0. The van der Waals surface area contributed by atoms with Crippen LogP contribution >= 0.6 is 0 Å². The molecule has 3 nitrogen and oxygen atoms in total. The topological polar surface area (TPSA) is 43.4 Å². The number of hydrogen-bond acceptors (Lipinski definition) is 3. The number of carbonyl (C=O) groups is 2. The van der Waals surface area contributed by atoms with Gasteiger partial charge in [-0.3, -0.25) is 9.59 Å². The molecule has 0 aliphatic rings. The van der Waals surface area contributed by atoms with Gasteiger partial charge in [0.2, 0.25) is 0 Å². The van der Waals surface area contributed by atoms with Crippen molar-refractivity contribution < 1.29 is 14.3 Å². The van der Waals surface area contributed by atoms with Gasteiger partial charge in [0.25, 0.3) is 0 Å². The van der Waals surface area contributed by atoms with Crippen molar-refractivity contribution >= 4 is 11.6 Å². The Bertz CT molecular complexity index is 839. The third kappa shape index (κ3) is 3.76. The minimum absolute atomic E-state index is 0.181. The van der Waals surface area contributed by atoms with Gasteiger partial charge in [-0.15, -0.1) is 0 Å². The molecule has 0 bridgehead atoms. The highest BCUT2D eigenvalue weighted by Gasteiger charge is 2.17. The van der Waals surface area contributed by atoms with Crippen molar-refractivity contribution in [1.29, 1.82) is 0 Å². The number of Topliss-reactive ketones (excluding diaryl/α,β-unsaturated/α-hetero) is 2. The molecule has 0 aliphatic heterocycles. The summed E-state index contributed by atoms with van der Waals surface area (Å²) in [7, 11) is 0. The third-order valence-corrected chi connectivity index (χ3v) is 3.58. The molecule has 0 aliphatic carbocycles. The summed E-state index contributed by atoms with van der Waals surface area (Å²) in [6, 6.07) is 25.0. The van der Waals surface area contributed by atoms with E-state index in [1.54, 1.807) is 48.5 Å². The first-order valence-electron chi connectivity index (χ1n) is 7.67. The zero-order chi connectivity index (χ0) is 16.8. The van der Waals surface area contributed by atoms with Crippen molar-refractivity contribution in [2.45, 2.75) is 6.42 Å². The van der Waals surface area contributed by atoms with Crippen LogP contribution in [0, 0.1) is 0 Å². The van der Waals surface area contributed by atoms with Gasteiger partial charge in [0.15, 0.2) is 11.6 Å². The van der Waals surface area contributed by atoms with E-state index < -0.39 is 0 Å². The molecule has 0 saturated carbocycles. The monoisotopic (exact) mass is 316 g/mol. The lowest BCUT2D eigenvalue weighted by Crippen LogP contribution is -2.09. The number of hydrogen-bond donors (Lipinski definition) is 0. The molecule has 3 aromatic carbocycles. The predicted octanol–water partition coefficient (Wildman–Crippen LogP) is 4.93. The van der Waals surface area contributed by atoms with Crippen LogP contribution in [0.3, 0.4) is 0 Å². The van der Waals surface area contributed by atoms with Gasteiger partial charge in [-0.05, 0) is 24.3 Å². The van der Waals surface area contributed by atoms with Gasteiger partial charge in [0, 0.05) is 5.56 Å². The molecular weight excluding hydrogens is 300 g/mol. The molecule has 0 amide bonds. The van der Waals surface area contributed by atoms with Crippen LogP contribution in [0.1, 0.15) is 27.1 Å². The highest BCUT2D eigenvalue weighted by atomic mass is 16.5. The van der Waals surface area contributed by atoms with Crippen LogP contribution in [-0.4, -0.2) is 11.6 Å². The summed E-state index contributed by atoms with van der Waals surface area (Å²) in [4.78, 5) is 24.8. The lowest BCUT2D eigenvalue weighted by molar-refractivity contribution is 0.0893. The van der Waals surface area contributed by atoms with E-state index in [9.17, 15) is 9.59 Å². The molecule has 0 radical (unpaired) electrons. The van der Waals surface area contributed by atoms with Gasteiger partial charge in [-0.2, -0.15) is 0 Å². The molecule has 0 saturated heterocycles. The standard InChI is InChI=1S/C21H16O3/c22-19(16-9-3-1-4-10-16)15-20(23)18-13-7-8-14-21(18)24-17-11-5-2-6-12-17/h1-14H,15H2. The van der Waals surface area contributed by atoms with Crippen molar-refractivity contribution in [1.82, 2.24) is 0 Å². The summed E-state index contributed by atoms with van der Waals surface area (Å²) in [5, 5.41) is 0. The number of rotatable bonds is 6. The second-order valence-electron chi connectivity index (χ2n) is 5.30. The fraction of sp³-hybridized carbons (Fsp3) is 0.0476. The predicted molar refractivity (Wildman–Crippen MR) is 92.7 cm³/mol. The van der Waals surface area contributed by atoms with Gasteiger partial charge in [0.1, 0.15) is 11.5 Å². The lowest BCUT2D eigenvalue weighted by atomic mass is 10.0. The Labute approximate surface area is 140 Å². The molecule has 0 heterocycles. The average Bonchev–Trinajstić information content (AvgIpc) is 2.63. The summed E-state index contributed by atoms with van der Waals surface area (Å²) in [5.74, 6) is 0.646. The van der Waals surface area contributed by atoms with Gasteiger partial charge >= 0.3 is 0 Å². The molecule has 3 rings (SSSR count). The van der Waals surface area contributed by atoms with Crippen molar-refractivity contribution in [2.75, 3.05) is 0 Å². The van der Waals surface area contributed by atoms with E-state index in [0.717, 1.165) is 0 Å². The highest BCUT2D eigenvalue weighted by molar-refractivity contribution is 6.14. The first kappa shape index (κ1) is 15.7. The number of ether oxygens (including phenoxy) is 1. The average molecular weight is 316 g/mol. The van der Waals surface area contributed by atoms with Crippen molar-refractivity contribution in [3.05, 3.63) is 96.1 Å². The summed E-state index contributed by atoms with van der Waals surface area (Å²) in [5.41, 5.74) is 0.943. The first-order valence-corrected chi connectivity index (χ1v) is 7.67. The van der Waals surface area contributed by atoms with E-state index in [1.165, 1.54) is 0 Å². The van der Waals surface area contributed by atoms with Crippen LogP contribution in [0.4, 0.5) is 0 Å². The maximum Gasteiger partial charge on any atom is 0.174 e. The second kappa shape index (κ2) is 7.38. The van der Waals surface area contributed by atoms with Crippen molar-refractivity contribution in [3.63, 3.8) is 0 Å². The third-order valence-electron chi connectivity index (χ3n) is 3.58. The Morgan fingerprint density at radius 1 is 0.667 bits per heavy atom. The second-order valence-corrected chi connectivity index (χ2v) is 5.30. The largest absolute Gasteiger partial charge is 0.457 e. The lowest BCUT2D eigenvalue weighted by Gasteiger charge is -2.10. The number of ketones is 2. The van der Waals surface area contributed by atoms with Crippen molar-refractivity contribution in [3.8, 4) is 11.5 Å². The van der Waals surface area contributed by atoms with Gasteiger partial charge in [-0.25, -0.2) is 0 Å². The molecule has 0 aromatic heterocycles. The normalized spacial score (nSPS) is 10.2. The first-order chi connectivity index (χ1) is 11.7. The van der Waals surface area contributed by atoms with E-state index >= 15 is 0 Å². The quantitative estimate of drug-likeness (QED) is 0.478. The minimum Gasteiger partial charge on any atom is -0.457 e. The van der Waals surface area contributed by atoms with E-state index in [-0.39, 0.29) is 18.0 Å². The highest BCUT2D eigenvalue weighted by Crippen LogP contribution is 2.26. The molecule has 24 heavy (non-hydrogen) atoms. The molecule has 0 N–H and O–H groups in total. The molecule has 118 valence electrons. The molecule has 0 spiro atoms. The summed E-state index contributed by atoms with van der Waals surface area (Å²) < 4.78 is 5.79. The fourth-order valence-corrected chi connectivity index (χ4v) is 2.37. The van der Waals surface area contributed by atoms with Crippen LogP contribution < -0.4 is 4.74 Å². The number of benzene rings is 3. The van der Waals surface area contributed by atoms with Gasteiger partial charge in [-0.1, -0.05) is 60.7 Å². The fourth-order valence-electron chi connectivity index (χ4n) is 2.37. The van der Waals surface area contributed by atoms with Crippen LogP contribution in [-0.2, 0) is 0 Å². The molecule has 3 aromatic rings. The van der Waals surface area contributed by atoms with E-state index in [0.29, 0.717) is 22.6 Å². The summed E-state index contributed by atoms with van der Waals surface area (Å²) in [6.07, 6.45) is -0.181. The van der Waals surface area contributed by atoms with E-state index in [4.69, 9.17) is 4.74 Å². The van der Waals surface area contributed by atoms with Gasteiger partial charge < -0.3 is 4.74 Å². The molecule has 0 atom stereocenters. The Kier molecular flexibility index (Phi) is 4.82. The van der Waals surface area contributed by atoms with Crippen LogP contribution in [0.15, 0.2) is 84.9 Å². The van der Waals surface area contributed by atoms with E-state index in [1.807, 2.05) is 36.4 Å². The zero-order valence-electron chi connectivity index (χ0n) is 13.0. The van der Waals surface area contributed by atoms with E-state index in [2.05, 4.69) is 0 Å². The Hall–Kier alpha value is -3.20. The SMILES string of the molecule is O=C(CC(=O)c1ccccc1Oc1ccccc1)c1ccccc1. The maximum atomic E-state index is 12.5. The van der Waals surface area contributed by atoms with Crippen molar-refractivity contribution in [2.24, 2.45) is 0 Å². The molecule has 0 unspecified atom stereocenters. The number of para-hydroxylation sites is 2. The van der Waals surface area contributed by atoms with Crippen LogP contribution in [0.25, 0.3) is 0 Å². The summed E-state index contributed by atoms with van der Waals surface area (Å²) in [6.45, 7) is 0.